The van der Waals surface area contributed by atoms with Crippen molar-refractivity contribution in [1.29, 1.82) is 0 Å². The van der Waals surface area contributed by atoms with Gasteiger partial charge in [-0.3, -0.25) is 0 Å². The molecule has 0 aliphatic rings. The van der Waals surface area contributed by atoms with E-state index in [1.54, 1.807) is 0 Å². The van der Waals surface area contributed by atoms with Crippen LogP contribution in [0.25, 0.3) is 71.2 Å². The Morgan fingerprint density at radius 2 is 0.923 bits per heavy atom. The van der Waals surface area contributed by atoms with Gasteiger partial charge in [-0.2, -0.15) is 0 Å². The van der Waals surface area contributed by atoms with Crippen molar-refractivity contribution in [2.75, 3.05) is 0 Å². The van der Waals surface area contributed by atoms with Crippen LogP contribution < -0.4 is 0 Å². The smallest absolute Gasteiger partial charge is 0.0541 e. The summed E-state index contributed by atoms with van der Waals surface area (Å²) in [7, 11) is 2.15. The van der Waals surface area contributed by atoms with Crippen LogP contribution in [0.1, 0.15) is 13.8 Å². The first-order valence-corrected chi connectivity index (χ1v) is 13.8. The normalized spacial score (nSPS) is 11.5. The predicted molar refractivity (Wildman–Crippen MR) is 169 cm³/mol. The number of aryl methyl sites for hydroxylation is 1. The average molecular weight is 503 g/mol. The molecule has 0 aliphatic heterocycles. The summed E-state index contributed by atoms with van der Waals surface area (Å²) in [5.41, 5.74) is 8.66. The predicted octanol–water partition coefficient (Wildman–Crippen LogP) is 10.3. The zero-order chi connectivity index (χ0) is 26.5. The molecule has 0 N–H and O–H groups in total. The van der Waals surface area contributed by atoms with Gasteiger partial charge in [-0.25, -0.2) is 0 Å². The third kappa shape index (κ3) is 3.56. The molecule has 0 saturated heterocycles. The molecule has 6 aromatic carbocycles. The lowest BCUT2D eigenvalue weighted by Crippen LogP contribution is -1.93. The Morgan fingerprint density at radius 1 is 0.410 bits per heavy atom. The Kier molecular flexibility index (Phi) is 5.49. The van der Waals surface area contributed by atoms with Gasteiger partial charge < -0.3 is 9.13 Å². The van der Waals surface area contributed by atoms with E-state index in [9.17, 15) is 0 Å². The summed E-state index contributed by atoms with van der Waals surface area (Å²) in [6, 6.07) is 46.5. The highest BCUT2D eigenvalue weighted by atomic mass is 15.0. The first kappa shape index (κ1) is 23.3. The van der Waals surface area contributed by atoms with E-state index in [1.807, 2.05) is 13.8 Å². The minimum absolute atomic E-state index is 1.19. The standard InChI is InChI=1S/C35H24N2.C2H6/c1-36-32-12-6-4-10-28(32)30-21-25(15-18-33(30)36)26-16-19-35-31(22-26)29-11-5-7-13-34(29)37(35)27-17-14-23-8-2-3-9-24(23)20-27;1-2/h2-22H,1H3;1-2H3. The van der Waals surface area contributed by atoms with Crippen molar-refractivity contribution in [3.8, 4) is 16.8 Å². The van der Waals surface area contributed by atoms with Crippen LogP contribution >= 0.6 is 0 Å². The molecule has 0 bridgehead atoms. The fraction of sp³-hybridized carbons (Fsp3) is 0.0811. The fourth-order valence-corrected chi connectivity index (χ4v) is 6.09. The minimum atomic E-state index is 1.19. The van der Waals surface area contributed by atoms with Gasteiger partial charge in [-0.15, -0.1) is 0 Å². The van der Waals surface area contributed by atoms with E-state index in [0.29, 0.717) is 0 Å². The third-order valence-electron chi connectivity index (χ3n) is 7.91. The zero-order valence-corrected chi connectivity index (χ0v) is 22.5. The highest BCUT2D eigenvalue weighted by Crippen LogP contribution is 2.37. The quantitative estimate of drug-likeness (QED) is 0.222. The van der Waals surface area contributed by atoms with E-state index in [2.05, 4.69) is 144 Å². The SMILES string of the molecule is CC.Cn1c2ccccc2c2cc(-c3ccc4c(c3)c3ccccc3n4-c3ccc4ccccc4c3)ccc21. The van der Waals surface area contributed by atoms with E-state index in [1.165, 1.54) is 71.2 Å². The Bertz CT molecular complexity index is 2160. The molecule has 0 saturated carbocycles. The zero-order valence-electron chi connectivity index (χ0n) is 22.5. The fourth-order valence-electron chi connectivity index (χ4n) is 6.09. The number of fused-ring (bicyclic) bond motifs is 7. The van der Waals surface area contributed by atoms with E-state index in [-0.39, 0.29) is 0 Å². The second-order valence-electron chi connectivity index (χ2n) is 9.92. The van der Waals surface area contributed by atoms with Crippen molar-refractivity contribution in [1.82, 2.24) is 9.13 Å². The van der Waals surface area contributed by atoms with Crippen LogP contribution in [-0.4, -0.2) is 9.13 Å². The molecule has 39 heavy (non-hydrogen) atoms. The largest absolute Gasteiger partial charge is 0.344 e. The van der Waals surface area contributed by atoms with Crippen LogP contribution in [0.3, 0.4) is 0 Å². The second-order valence-corrected chi connectivity index (χ2v) is 9.92. The van der Waals surface area contributed by atoms with E-state index in [4.69, 9.17) is 0 Å². The topological polar surface area (TPSA) is 9.86 Å². The molecule has 8 rings (SSSR count). The molecule has 2 heterocycles. The molecule has 0 fully saturated rings. The lowest BCUT2D eigenvalue weighted by atomic mass is 10.0. The Labute approximate surface area is 228 Å². The minimum Gasteiger partial charge on any atom is -0.344 e. The van der Waals surface area contributed by atoms with E-state index < -0.39 is 0 Å². The molecule has 2 heteroatoms. The molecular weight excluding hydrogens is 472 g/mol. The molecule has 0 atom stereocenters. The summed E-state index contributed by atoms with van der Waals surface area (Å²) in [5.74, 6) is 0. The number of benzene rings is 6. The molecule has 2 aromatic heterocycles. The highest BCUT2D eigenvalue weighted by molar-refractivity contribution is 6.12. The van der Waals surface area contributed by atoms with Crippen LogP contribution in [0.2, 0.25) is 0 Å². The number of hydrogen-bond acceptors (Lipinski definition) is 0. The Balaban J connectivity index is 0.00000124. The van der Waals surface area contributed by atoms with Crippen molar-refractivity contribution in [2.45, 2.75) is 13.8 Å². The summed E-state index contributed by atoms with van der Waals surface area (Å²) in [4.78, 5) is 0. The Morgan fingerprint density at radius 3 is 1.67 bits per heavy atom. The molecule has 0 radical (unpaired) electrons. The van der Waals surface area contributed by atoms with Crippen molar-refractivity contribution in [2.24, 2.45) is 7.05 Å². The lowest BCUT2D eigenvalue weighted by Gasteiger charge is -2.10. The molecule has 188 valence electrons. The van der Waals surface area contributed by atoms with Gasteiger partial charge in [0.25, 0.3) is 0 Å². The van der Waals surface area contributed by atoms with Crippen molar-refractivity contribution >= 4 is 54.4 Å². The van der Waals surface area contributed by atoms with Gasteiger partial charge in [0.2, 0.25) is 0 Å². The van der Waals surface area contributed by atoms with Gasteiger partial charge in [0.1, 0.15) is 0 Å². The summed E-state index contributed by atoms with van der Waals surface area (Å²) in [6.07, 6.45) is 0. The molecule has 8 aromatic rings. The first-order valence-electron chi connectivity index (χ1n) is 13.8. The van der Waals surface area contributed by atoms with Crippen LogP contribution in [0.5, 0.6) is 0 Å². The lowest BCUT2D eigenvalue weighted by molar-refractivity contribution is 1.01. The van der Waals surface area contributed by atoms with Crippen LogP contribution in [-0.2, 0) is 7.05 Å². The number of rotatable bonds is 2. The van der Waals surface area contributed by atoms with Gasteiger partial charge in [0, 0.05) is 45.3 Å². The summed E-state index contributed by atoms with van der Waals surface area (Å²) in [6.45, 7) is 4.00. The molecule has 0 amide bonds. The molecule has 0 unspecified atom stereocenters. The van der Waals surface area contributed by atoms with E-state index in [0.717, 1.165) is 0 Å². The van der Waals surface area contributed by atoms with Crippen LogP contribution in [0.15, 0.2) is 127 Å². The van der Waals surface area contributed by atoms with Gasteiger partial charge in [0.05, 0.1) is 11.0 Å². The summed E-state index contributed by atoms with van der Waals surface area (Å²) in [5, 5.41) is 7.67. The van der Waals surface area contributed by atoms with Crippen LogP contribution in [0, 0.1) is 0 Å². The van der Waals surface area contributed by atoms with Crippen molar-refractivity contribution < 1.29 is 0 Å². The number of nitrogens with zero attached hydrogens (tertiary/aromatic N) is 2. The van der Waals surface area contributed by atoms with Gasteiger partial charge in [0.15, 0.2) is 0 Å². The third-order valence-corrected chi connectivity index (χ3v) is 7.91. The maximum absolute atomic E-state index is 2.40. The van der Waals surface area contributed by atoms with Crippen molar-refractivity contribution in [3.05, 3.63) is 127 Å². The van der Waals surface area contributed by atoms with Crippen LogP contribution in [0.4, 0.5) is 0 Å². The number of para-hydroxylation sites is 2. The average Bonchev–Trinajstić information content (AvgIpc) is 3.49. The maximum atomic E-state index is 2.40. The summed E-state index contributed by atoms with van der Waals surface area (Å²) < 4.78 is 4.68. The number of hydrogen-bond donors (Lipinski definition) is 0. The molecule has 2 nitrogen and oxygen atoms in total. The van der Waals surface area contributed by atoms with Crippen molar-refractivity contribution in [3.63, 3.8) is 0 Å². The van der Waals surface area contributed by atoms with Gasteiger partial charge in [-0.1, -0.05) is 92.7 Å². The van der Waals surface area contributed by atoms with Gasteiger partial charge in [-0.05, 0) is 70.4 Å². The van der Waals surface area contributed by atoms with E-state index >= 15 is 0 Å². The summed E-state index contributed by atoms with van der Waals surface area (Å²) >= 11 is 0. The highest BCUT2D eigenvalue weighted by Gasteiger charge is 2.14. The molecule has 0 aliphatic carbocycles. The second kappa shape index (κ2) is 9.18. The van der Waals surface area contributed by atoms with Gasteiger partial charge >= 0.3 is 0 Å². The first-order chi connectivity index (χ1) is 19.3. The monoisotopic (exact) mass is 502 g/mol. The molecule has 0 spiro atoms. The maximum Gasteiger partial charge on any atom is 0.0541 e. The Hall–Kier alpha value is -4.82. The molecular formula is C37H30N2. The number of aromatic nitrogens is 2.